The number of nitrogens with zero attached hydrogens (tertiary/aromatic N) is 3. The Morgan fingerprint density at radius 2 is 2.17 bits per heavy atom. The largest absolute Gasteiger partial charge is 0.383 e. The van der Waals surface area contributed by atoms with Crippen LogP contribution in [0.15, 0.2) is 18.7 Å². The average molecular weight is 163 g/mol. The summed E-state index contributed by atoms with van der Waals surface area (Å²) >= 11 is 0. The van der Waals surface area contributed by atoms with Crippen molar-refractivity contribution in [1.82, 2.24) is 14.9 Å². The van der Waals surface area contributed by atoms with Crippen molar-refractivity contribution < 1.29 is 0 Å². The molecule has 0 aliphatic rings. The Kier molecular flexibility index (Phi) is 2.80. The average Bonchev–Trinajstić information content (AvgIpc) is 2.03. The lowest BCUT2D eigenvalue weighted by Crippen LogP contribution is -2.00. The van der Waals surface area contributed by atoms with Gasteiger partial charge in [0.25, 0.3) is 0 Å². The highest BCUT2D eigenvalue weighted by molar-refractivity contribution is 5.47. The van der Waals surface area contributed by atoms with Gasteiger partial charge in [-0.15, -0.1) is 0 Å². The minimum Gasteiger partial charge on any atom is -0.383 e. The molecule has 1 rings (SSSR count). The lowest BCUT2D eigenvalue weighted by molar-refractivity contribution is 0.567. The Morgan fingerprint density at radius 3 is 2.75 bits per heavy atom. The van der Waals surface area contributed by atoms with E-state index in [1.54, 1.807) is 6.33 Å². The molecule has 0 saturated carbocycles. The summed E-state index contributed by atoms with van der Waals surface area (Å²) in [5.74, 6) is 0. The van der Waals surface area contributed by atoms with Gasteiger partial charge in [0, 0.05) is 26.5 Å². The first kappa shape index (κ1) is 8.71. The zero-order chi connectivity index (χ0) is 8.97. The zero-order valence-electron chi connectivity index (χ0n) is 7.65. The van der Waals surface area contributed by atoms with Crippen molar-refractivity contribution in [3.8, 4) is 0 Å². The van der Waals surface area contributed by atoms with E-state index in [0.29, 0.717) is 0 Å². The normalized spacial score (nSPS) is 10.6. The van der Waals surface area contributed by atoms with Crippen molar-refractivity contribution in [2.45, 2.75) is 6.92 Å². The summed E-state index contributed by atoms with van der Waals surface area (Å²) in [5, 5.41) is 0. The van der Waals surface area contributed by atoms with Crippen molar-refractivity contribution in [2.75, 3.05) is 14.1 Å². The first-order valence-corrected chi connectivity index (χ1v) is 3.81. The number of aryl methyl sites for hydroxylation is 1. The van der Waals surface area contributed by atoms with Crippen LogP contribution in [0.2, 0.25) is 0 Å². The van der Waals surface area contributed by atoms with Crippen molar-refractivity contribution in [2.24, 2.45) is 0 Å². The molecule has 0 atom stereocenters. The first-order chi connectivity index (χ1) is 5.70. The van der Waals surface area contributed by atoms with Gasteiger partial charge in [-0.05, 0) is 18.6 Å². The molecule has 64 valence electrons. The summed E-state index contributed by atoms with van der Waals surface area (Å²) in [5.41, 5.74) is 2.06. The minimum absolute atomic E-state index is 0.971. The van der Waals surface area contributed by atoms with Crippen LogP contribution in [-0.4, -0.2) is 29.0 Å². The van der Waals surface area contributed by atoms with Crippen molar-refractivity contribution >= 4 is 6.08 Å². The van der Waals surface area contributed by atoms with E-state index < -0.39 is 0 Å². The standard InChI is InChI=1S/C9H13N3/c1-8-6-10-7-11-9(8)4-5-12(2)3/h4-7H,1-3H3/b5-4+. The second-order valence-corrected chi connectivity index (χ2v) is 2.87. The Labute approximate surface area is 72.8 Å². The lowest BCUT2D eigenvalue weighted by atomic mass is 10.2. The predicted octanol–water partition coefficient (Wildman–Crippen LogP) is 1.32. The molecule has 0 saturated heterocycles. The van der Waals surface area contributed by atoms with Gasteiger partial charge in [0.05, 0.1) is 5.69 Å². The van der Waals surface area contributed by atoms with E-state index in [1.165, 1.54) is 0 Å². The van der Waals surface area contributed by atoms with Crippen LogP contribution in [-0.2, 0) is 0 Å². The quantitative estimate of drug-likeness (QED) is 0.658. The smallest absolute Gasteiger partial charge is 0.116 e. The molecule has 1 heterocycles. The highest BCUT2D eigenvalue weighted by Crippen LogP contribution is 2.03. The maximum absolute atomic E-state index is 4.13. The van der Waals surface area contributed by atoms with E-state index in [2.05, 4.69) is 9.97 Å². The second-order valence-electron chi connectivity index (χ2n) is 2.87. The predicted molar refractivity (Wildman–Crippen MR) is 49.5 cm³/mol. The summed E-state index contributed by atoms with van der Waals surface area (Å²) in [6.45, 7) is 2.00. The topological polar surface area (TPSA) is 29.0 Å². The Balaban J connectivity index is 2.82. The molecular formula is C9H13N3. The third-order valence-electron chi connectivity index (χ3n) is 1.47. The van der Waals surface area contributed by atoms with Gasteiger partial charge in [0.2, 0.25) is 0 Å². The summed E-state index contributed by atoms with van der Waals surface area (Å²) in [6, 6.07) is 0. The molecule has 0 unspecified atom stereocenters. The van der Waals surface area contributed by atoms with Gasteiger partial charge in [-0.1, -0.05) is 0 Å². The molecule has 1 aromatic rings. The zero-order valence-corrected chi connectivity index (χ0v) is 7.65. The van der Waals surface area contributed by atoms with Crippen LogP contribution in [0.1, 0.15) is 11.3 Å². The number of hydrogen-bond donors (Lipinski definition) is 0. The van der Waals surface area contributed by atoms with Gasteiger partial charge in [-0.3, -0.25) is 0 Å². The number of aromatic nitrogens is 2. The summed E-state index contributed by atoms with van der Waals surface area (Å²) < 4.78 is 0. The van der Waals surface area contributed by atoms with E-state index in [1.807, 2.05) is 44.4 Å². The molecule has 0 bridgehead atoms. The monoisotopic (exact) mass is 163 g/mol. The highest BCUT2D eigenvalue weighted by Gasteiger charge is 1.92. The van der Waals surface area contributed by atoms with Gasteiger partial charge in [-0.25, -0.2) is 9.97 Å². The molecule has 0 N–H and O–H groups in total. The molecule has 0 aliphatic carbocycles. The van der Waals surface area contributed by atoms with E-state index in [0.717, 1.165) is 11.3 Å². The highest BCUT2D eigenvalue weighted by atomic mass is 15.0. The molecular weight excluding hydrogens is 150 g/mol. The fourth-order valence-electron chi connectivity index (χ4n) is 0.803. The van der Waals surface area contributed by atoms with Crippen LogP contribution < -0.4 is 0 Å². The second kappa shape index (κ2) is 3.85. The van der Waals surface area contributed by atoms with Crippen LogP contribution in [0.25, 0.3) is 6.08 Å². The lowest BCUT2D eigenvalue weighted by Gasteiger charge is -2.03. The van der Waals surface area contributed by atoms with E-state index in [-0.39, 0.29) is 0 Å². The van der Waals surface area contributed by atoms with Gasteiger partial charge in [0.15, 0.2) is 0 Å². The number of rotatable bonds is 2. The third kappa shape index (κ3) is 2.34. The van der Waals surface area contributed by atoms with E-state index in [9.17, 15) is 0 Å². The number of hydrogen-bond acceptors (Lipinski definition) is 3. The molecule has 0 aromatic carbocycles. The Hall–Kier alpha value is -1.38. The van der Waals surface area contributed by atoms with E-state index >= 15 is 0 Å². The maximum Gasteiger partial charge on any atom is 0.116 e. The van der Waals surface area contributed by atoms with Crippen LogP contribution in [0.5, 0.6) is 0 Å². The Bertz CT molecular complexity index is 279. The molecule has 12 heavy (non-hydrogen) atoms. The molecule has 0 aliphatic heterocycles. The SMILES string of the molecule is Cc1cncnc1/C=C/N(C)C. The molecule has 0 spiro atoms. The molecule has 3 heteroatoms. The molecule has 0 fully saturated rings. The molecule has 0 radical (unpaired) electrons. The summed E-state index contributed by atoms with van der Waals surface area (Å²) in [6.07, 6.45) is 7.30. The molecule has 1 aromatic heterocycles. The van der Waals surface area contributed by atoms with Gasteiger partial charge < -0.3 is 4.90 Å². The van der Waals surface area contributed by atoms with Gasteiger partial charge in [0.1, 0.15) is 6.33 Å². The van der Waals surface area contributed by atoms with Crippen LogP contribution in [0.4, 0.5) is 0 Å². The Morgan fingerprint density at radius 1 is 1.42 bits per heavy atom. The summed E-state index contributed by atoms with van der Waals surface area (Å²) in [4.78, 5) is 10.0. The fourth-order valence-corrected chi connectivity index (χ4v) is 0.803. The molecule has 0 amide bonds. The maximum atomic E-state index is 4.13. The van der Waals surface area contributed by atoms with Crippen LogP contribution in [0.3, 0.4) is 0 Å². The third-order valence-corrected chi connectivity index (χ3v) is 1.47. The van der Waals surface area contributed by atoms with Gasteiger partial charge in [-0.2, -0.15) is 0 Å². The van der Waals surface area contributed by atoms with Gasteiger partial charge >= 0.3 is 0 Å². The van der Waals surface area contributed by atoms with Crippen molar-refractivity contribution in [3.05, 3.63) is 30.0 Å². The first-order valence-electron chi connectivity index (χ1n) is 3.81. The van der Waals surface area contributed by atoms with Crippen molar-refractivity contribution in [1.29, 1.82) is 0 Å². The summed E-state index contributed by atoms with van der Waals surface area (Å²) in [7, 11) is 3.96. The minimum atomic E-state index is 0.971. The van der Waals surface area contributed by atoms with Crippen molar-refractivity contribution in [3.63, 3.8) is 0 Å². The van der Waals surface area contributed by atoms with Crippen LogP contribution in [0, 0.1) is 6.92 Å². The molecule has 3 nitrogen and oxygen atoms in total. The van der Waals surface area contributed by atoms with Crippen LogP contribution >= 0.6 is 0 Å². The fraction of sp³-hybridized carbons (Fsp3) is 0.333. The van der Waals surface area contributed by atoms with E-state index in [4.69, 9.17) is 0 Å².